The molecular formula is C15H21N5O2. The van der Waals surface area contributed by atoms with E-state index in [1.54, 1.807) is 4.90 Å². The van der Waals surface area contributed by atoms with Crippen LogP contribution in [-0.2, 0) is 4.79 Å². The van der Waals surface area contributed by atoms with Gasteiger partial charge in [-0.3, -0.25) is 9.59 Å². The van der Waals surface area contributed by atoms with Crippen LogP contribution < -0.4 is 11.1 Å². The molecule has 3 N–H and O–H groups in total. The van der Waals surface area contributed by atoms with Gasteiger partial charge in [0.1, 0.15) is 0 Å². The van der Waals surface area contributed by atoms with Crippen LogP contribution in [0.15, 0.2) is 12.4 Å². The van der Waals surface area contributed by atoms with E-state index >= 15 is 0 Å². The Morgan fingerprint density at radius 1 is 1.27 bits per heavy atom. The molecule has 0 spiro atoms. The third-order valence-electron chi connectivity index (χ3n) is 4.27. The summed E-state index contributed by atoms with van der Waals surface area (Å²) in [4.78, 5) is 34.2. The smallest absolute Gasteiger partial charge is 0.276 e. The lowest BCUT2D eigenvalue weighted by molar-refractivity contribution is -0.126. The van der Waals surface area contributed by atoms with E-state index in [0.717, 1.165) is 19.4 Å². The van der Waals surface area contributed by atoms with E-state index < -0.39 is 0 Å². The number of nitrogens with one attached hydrogen (secondary N) is 1. The first-order chi connectivity index (χ1) is 10.6. The number of hydrogen-bond donors (Lipinski definition) is 2. The zero-order valence-electron chi connectivity index (χ0n) is 12.5. The Labute approximate surface area is 129 Å². The predicted octanol–water partition coefficient (Wildman–Crippen LogP) is 0.437. The summed E-state index contributed by atoms with van der Waals surface area (Å²) >= 11 is 0. The summed E-state index contributed by atoms with van der Waals surface area (Å²) in [6.45, 7) is 1.81. The minimum atomic E-state index is -0.245. The highest BCUT2D eigenvalue weighted by molar-refractivity contribution is 5.96. The minimum Gasteiger partial charge on any atom is -0.382 e. The van der Waals surface area contributed by atoms with Crippen LogP contribution in [0.2, 0.25) is 0 Å². The molecule has 7 nitrogen and oxygen atoms in total. The van der Waals surface area contributed by atoms with Gasteiger partial charge in [-0.15, -0.1) is 0 Å². The van der Waals surface area contributed by atoms with Gasteiger partial charge in [-0.25, -0.2) is 9.97 Å². The molecule has 1 atom stereocenters. The zero-order chi connectivity index (χ0) is 15.5. The van der Waals surface area contributed by atoms with Gasteiger partial charge in [0.05, 0.1) is 5.92 Å². The molecule has 1 saturated heterocycles. The van der Waals surface area contributed by atoms with Gasteiger partial charge in [-0.05, 0) is 31.6 Å². The van der Waals surface area contributed by atoms with Crippen LogP contribution in [0.3, 0.4) is 0 Å². The molecule has 2 heterocycles. The van der Waals surface area contributed by atoms with Gasteiger partial charge in [0.15, 0.2) is 11.5 Å². The minimum absolute atomic E-state index is 0.0523. The first-order valence-electron chi connectivity index (χ1n) is 7.78. The van der Waals surface area contributed by atoms with E-state index in [2.05, 4.69) is 15.3 Å². The molecule has 22 heavy (non-hydrogen) atoms. The van der Waals surface area contributed by atoms with E-state index in [4.69, 9.17) is 5.73 Å². The Kier molecular flexibility index (Phi) is 4.22. The van der Waals surface area contributed by atoms with Crippen LogP contribution in [0.5, 0.6) is 0 Å². The highest BCUT2D eigenvalue weighted by Gasteiger charge is 2.31. The Morgan fingerprint density at radius 2 is 2.05 bits per heavy atom. The third kappa shape index (κ3) is 3.35. The van der Waals surface area contributed by atoms with Gasteiger partial charge >= 0.3 is 0 Å². The average Bonchev–Trinajstić information content (AvgIpc) is 3.37. The first-order valence-corrected chi connectivity index (χ1v) is 7.78. The summed E-state index contributed by atoms with van der Waals surface area (Å²) in [6, 6.07) is 0. The molecule has 0 aromatic carbocycles. The van der Waals surface area contributed by atoms with Crippen molar-refractivity contribution in [1.82, 2.24) is 20.2 Å². The molecule has 1 aromatic heterocycles. The lowest BCUT2D eigenvalue weighted by atomic mass is 9.96. The van der Waals surface area contributed by atoms with Crippen LogP contribution in [0.4, 0.5) is 5.82 Å². The van der Waals surface area contributed by atoms with Gasteiger partial charge in [-0.1, -0.05) is 0 Å². The number of nitrogen functional groups attached to an aromatic ring is 1. The normalized spacial score (nSPS) is 21.5. The number of piperidine rings is 1. The fraction of sp³-hybridized carbons (Fsp3) is 0.600. The number of nitrogens with two attached hydrogens (primary N) is 1. The highest BCUT2D eigenvalue weighted by atomic mass is 16.2. The fourth-order valence-corrected chi connectivity index (χ4v) is 2.75. The molecule has 0 bridgehead atoms. The standard InChI is InChI=1S/C15H21N5O2/c16-13-12(17-5-6-18-13)15(22)20-7-1-2-11(9-20)14(21)19-8-10-3-4-10/h5-6,10-11H,1-4,7-9H2,(H2,16,18)(H,19,21). The summed E-state index contributed by atoms with van der Waals surface area (Å²) in [7, 11) is 0. The van der Waals surface area contributed by atoms with Crippen molar-refractivity contribution in [3.63, 3.8) is 0 Å². The molecule has 1 aliphatic carbocycles. The van der Waals surface area contributed by atoms with Crippen molar-refractivity contribution in [3.8, 4) is 0 Å². The van der Waals surface area contributed by atoms with E-state index in [0.29, 0.717) is 19.0 Å². The summed E-state index contributed by atoms with van der Waals surface area (Å²) in [5, 5.41) is 3.00. The van der Waals surface area contributed by atoms with Crippen LogP contribution in [0.25, 0.3) is 0 Å². The maximum atomic E-state index is 12.5. The summed E-state index contributed by atoms with van der Waals surface area (Å²) in [6.07, 6.45) is 6.95. The molecule has 1 unspecified atom stereocenters. The number of anilines is 1. The number of carbonyl (C=O) groups excluding carboxylic acids is 2. The molecule has 1 aromatic rings. The number of likely N-dealkylation sites (tertiary alicyclic amines) is 1. The van der Waals surface area contributed by atoms with Crippen LogP contribution in [0, 0.1) is 11.8 Å². The van der Waals surface area contributed by atoms with Crippen LogP contribution >= 0.6 is 0 Å². The van der Waals surface area contributed by atoms with Crippen LogP contribution in [0.1, 0.15) is 36.2 Å². The second-order valence-electron chi connectivity index (χ2n) is 6.07. The summed E-state index contributed by atoms with van der Waals surface area (Å²) in [5.41, 5.74) is 5.88. The van der Waals surface area contributed by atoms with E-state index in [-0.39, 0.29) is 29.2 Å². The van der Waals surface area contributed by atoms with Crippen molar-refractivity contribution in [3.05, 3.63) is 18.1 Å². The second-order valence-corrected chi connectivity index (χ2v) is 6.07. The maximum Gasteiger partial charge on any atom is 0.276 e. The Bertz CT molecular complexity index is 573. The second kappa shape index (κ2) is 6.29. The number of aromatic nitrogens is 2. The Hall–Kier alpha value is -2.18. The predicted molar refractivity (Wildman–Crippen MR) is 80.8 cm³/mol. The number of amides is 2. The van der Waals surface area contributed by atoms with E-state index in [1.165, 1.54) is 25.2 Å². The Morgan fingerprint density at radius 3 is 2.77 bits per heavy atom. The van der Waals surface area contributed by atoms with Crippen molar-refractivity contribution < 1.29 is 9.59 Å². The molecule has 1 saturated carbocycles. The van der Waals surface area contributed by atoms with Gasteiger partial charge in [0, 0.05) is 32.0 Å². The largest absolute Gasteiger partial charge is 0.382 e. The fourth-order valence-electron chi connectivity index (χ4n) is 2.75. The average molecular weight is 303 g/mol. The quantitative estimate of drug-likeness (QED) is 0.840. The molecule has 2 amide bonds. The molecular weight excluding hydrogens is 282 g/mol. The monoisotopic (exact) mass is 303 g/mol. The SMILES string of the molecule is Nc1nccnc1C(=O)N1CCCC(C(=O)NCC2CC2)C1. The number of carbonyl (C=O) groups is 2. The first kappa shape index (κ1) is 14.7. The maximum absolute atomic E-state index is 12.5. The number of nitrogens with zero attached hydrogens (tertiary/aromatic N) is 3. The Balaban J connectivity index is 1.61. The lowest BCUT2D eigenvalue weighted by Crippen LogP contribution is -2.46. The van der Waals surface area contributed by atoms with Gasteiger partial charge < -0.3 is 16.0 Å². The topological polar surface area (TPSA) is 101 Å². The van der Waals surface area contributed by atoms with Gasteiger partial charge in [0.2, 0.25) is 5.91 Å². The highest BCUT2D eigenvalue weighted by Crippen LogP contribution is 2.28. The summed E-state index contributed by atoms with van der Waals surface area (Å²) < 4.78 is 0. The molecule has 118 valence electrons. The molecule has 3 rings (SSSR count). The van der Waals surface area contributed by atoms with Crippen molar-refractivity contribution in [2.24, 2.45) is 11.8 Å². The number of rotatable bonds is 4. The molecule has 2 aliphatic rings. The molecule has 7 heteroatoms. The van der Waals surface area contributed by atoms with Crippen molar-refractivity contribution >= 4 is 17.6 Å². The van der Waals surface area contributed by atoms with Gasteiger partial charge in [0.25, 0.3) is 5.91 Å². The van der Waals surface area contributed by atoms with Crippen molar-refractivity contribution in [1.29, 1.82) is 0 Å². The van der Waals surface area contributed by atoms with Crippen LogP contribution in [-0.4, -0.2) is 46.3 Å². The van der Waals surface area contributed by atoms with Crippen molar-refractivity contribution in [2.75, 3.05) is 25.4 Å². The zero-order valence-corrected chi connectivity index (χ0v) is 12.5. The molecule has 2 fully saturated rings. The molecule has 1 aliphatic heterocycles. The lowest BCUT2D eigenvalue weighted by Gasteiger charge is -2.32. The van der Waals surface area contributed by atoms with Crippen molar-refractivity contribution in [2.45, 2.75) is 25.7 Å². The molecule has 0 radical (unpaired) electrons. The van der Waals surface area contributed by atoms with Gasteiger partial charge in [-0.2, -0.15) is 0 Å². The summed E-state index contributed by atoms with van der Waals surface area (Å²) in [5.74, 6) is 0.452. The number of hydrogen-bond acceptors (Lipinski definition) is 5. The van der Waals surface area contributed by atoms with E-state index in [1.807, 2.05) is 0 Å². The van der Waals surface area contributed by atoms with E-state index in [9.17, 15) is 9.59 Å². The third-order valence-corrected chi connectivity index (χ3v) is 4.27.